The van der Waals surface area contributed by atoms with Crippen molar-refractivity contribution in [3.63, 3.8) is 0 Å². The maximum atomic E-state index is 12.8. The number of carboxylic acid groups (broad SMARTS) is 1. The molecule has 0 aliphatic heterocycles. The van der Waals surface area contributed by atoms with Crippen molar-refractivity contribution in [3.8, 4) is 0 Å². The van der Waals surface area contributed by atoms with Crippen molar-refractivity contribution in [1.82, 2.24) is 10.2 Å². The van der Waals surface area contributed by atoms with Gasteiger partial charge in [0.2, 0.25) is 17.7 Å². The summed E-state index contributed by atoms with van der Waals surface area (Å²) < 4.78 is 0. The Morgan fingerprint density at radius 2 is 1.26 bits per heavy atom. The van der Waals surface area contributed by atoms with E-state index >= 15 is 0 Å². The van der Waals surface area contributed by atoms with Crippen LogP contribution in [0.25, 0.3) is 0 Å². The molecule has 7 nitrogen and oxygen atoms in total. The van der Waals surface area contributed by atoms with Crippen molar-refractivity contribution in [2.24, 2.45) is 0 Å². The molecule has 2 aromatic rings. The van der Waals surface area contributed by atoms with Crippen LogP contribution >= 0.6 is 0 Å². The molecule has 31 heavy (non-hydrogen) atoms. The van der Waals surface area contributed by atoms with E-state index in [1.807, 2.05) is 60.7 Å². The molecule has 0 aromatic heterocycles. The van der Waals surface area contributed by atoms with Gasteiger partial charge in [0.05, 0.1) is 12.8 Å². The summed E-state index contributed by atoms with van der Waals surface area (Å²) in [5.41, 5.74) is 1.64. The van der Waals surface area contributed by atoms with Crippen LogP contribution in [0.4, 0.5) is 0 Å². The van der Waals surface area contributed by atoms with E-state index in [-0.39, 0.29) is 56.5 Å². The number of amides is 3. The number of nitrogens with one attached hydrogen (secondary N) is 1. The Hall–Kier alpha value is -3.48. The maximum absolute atomic E-state index is 12.8. The standard InChI is InChI=1S/C24H28N2O5/c27-21(25-15-7-14-24(30)31)13-8-16-26(22(28)17-19-9-3-1-4-10-19)23(29)18-20-11-5-2-6-12-20/h1-6,9-12H,7-8,13-18H2,(H,25,27)(H,30,31). The van der Waals surface area contributed by atoms with Gasteiger partial charge < -0.3 is 10.4 Å². The molecule has 0 aliphatic carbocycles. The third-order valence-electron chi connectivity index (χ3n) is 4.67. The van der Waals surface area contributed by atoms with Crippen molar-refractivity contribution >= 4 is 23.7 Å². The number of hydrogen-bond donors (Lipinski definition) is 2. The molecule has 2 N–H and O–H groups in total. The Bertz CT molecular complexity index is 815. The lowest BCUT2D eigenvalue weighted by Crippen LogP contribution is -2.40. The summed E-state index contributed by atoms with van der Waals surface area (Å²) in [7, 11) is 0. The van der Waals surface area contributed by atoms with Gasteiger partial charge in [-0.3, -0.25) is 24.1 Å². The average molecular weight is 424 g/mol. The predicted molar refractivity (Wildman–Crippen MR) is 116 cm³/mol. The average Bonchev–Trinajstić information content (AvgIpc) is 2.75. The van der Waals surface area contributed by atoms with E-state index in [0.717, 1.165) is 11.1 Å². The van der Waals surface area contributed by atoms with Crippen LogP contribution in [-0.4, -0.2) is 46.8 Å². The highest BCUT2D eigenvalue weighted by Gasteiger charge is 2.22. The molecule has 0 aliphatic rings. The summed E-state index contributed by atoms with van der Waals surface area (Å²) in [5.74, 6) is -1.72. The van der Waals surface area contributed by atoms with Gasteiger partial charge in [0.1, 0.15) is 0 Å². The van der Waals surface area contributed by atoms with E-state index in [2.05, 4.69) is 5.32 Å². The number of hydrogen-bond acceptors (Lipinski definition) is 4. The Balaban J connectivity index is 1.92. The van der Waals surface area contributed by atoms with E-state index in [1.165, 1.54) is 4.90 Å². The minimum atomic E-state index is -0.904. The molecular formula is C24H28N2O5. The normalized spacial score (nSPS) is 10.3. The van der Waals surface area contributed by atoms with Crippen molar-refractivity contribution in [2.45, 2.75) is 38.5 Å². The number of carbonyl (C=O) groups excluding carboxylic acids is 3. The first-order chi connectivity index (χ1) is 15.0. The van der Waals surface area contributed by atoms with Crippen LogP contribution in [0, 0.1) is 0 Å². The quantitative estimate of drug-likeness (QED) is 0.510. The van der Waals surface area contributed by atoms with Crippen LogP contribution in [0.3, 0.4) is 0 Å². The van der Waals surface area contributed by atoms with E-state index in [9.17, 15) is 19.2 Å². The van der Waals surface area contributed by atoms with Gasteiger partial charge in [0.15, 0.2) is 0 Å². The van der Waals surface area contributed by atoms with Gasteiger partial charge >= 0.3 is 5.97 Å². The maximum Gasteiger partial charge on any atom is 0.303 e. The molecular weight excluding hydrogens is 396 g/mol. The molecule has 0 atom stereocenters. The van der Waals surface area contributed by atoms with Gasteiger partial charge in [0.25, 0.3) is 0 Å². The molecule has 3 amide bonds. The van der Waals surface area contributed by atoms with E-state index in [4.69, 9.17) is 5.11 Å². The van der Waals surface area contributed by atoms with Crippen molar-refractivity contribution in [1.29, 1.82) is 0 Å². The highest BCUT2D eigenvalue weighted by molar-refractivity contribution is 5.97. The monoisotopic (exact) mass is 424 g/mol. The predicted octanol–water partition coefficient (Wildman–Crippen LogP) is 2.59. The Kier molecular flexibility index (Phi) is 9.94. The first-order valence-corrected chi connectivity index (χ1v) is 10.3. The highest BCUT2D eigenvalue weighted by Crippen LogP contribution is 2.09. The van der Waals surface area contributed by atoms with Crippen molar-refractivity contribution in [2.75, 3.05) is 13.1 Å². The van der Waals surface area contributed by atoms with Gasteiger partial charge in [-0.25, -0.2) is 0 Å². The molecule has 2 rings (SSSR count). The number of imide groups is 1. The van der Waals surface area contributed by atoms with Gasteiger partial charge in [-0.05, 0) is 24.0 Å². The van der Waals surface area contributed by atoms with Crippen LogP contribution in [0.5, 0.6) is 0 Å². The first-order valence-electron chi connectivity index (χ1n) is 10.3. The highest BCUT2D eigenvalue weighted by atomic mass is 16.4. The second kappa shape index (κ2) is 13.0. The fourth-order valence-corrected chi connectivity index (χ4v) is 3.07. The fourth-order valence-electron chi connectivity index (χ4n) is 3.07. The Morgan fingerprint density at radius 1 is 0.742 bits per heavy atom. The Morgan fingerprint density at radius 3 is 1.74 bits per heavy atom. The second-order valence-electron chi connectivity index (χ2n) is 7.21. The first kappa shape index (κ1) is 23.8. The number of carbonyl (C=O) groups is 4. The molecule has 0 heterocycles. The third-order valence-corrected chi connectivity index (χ3v) is 4.67. The number of nitrogens with zero attached hydrogens (tertiary/aromatic N) is 1. The fraction of sp³-hybridized carbons (Fsp3) is 0.333. The lowest BCUT2D eigenvalue weighted by molar-refractivity contribution is -0.144. The van der Waals surface area contributed by atoms with Gasteiger partial charge in [0, 0.05) is 25.9 Å². The summed E-state index contributed by atoms with van der Waals surface area (Å²) in [4.78, 5) is 49.4. The molecule has 7 heteroatoms. The van der Waals surface area contributed by atoms with Gasteiger partial charge in [-0.15, -0.1) is 0 Å². The zero-order valence-electron chi connectivity index (χ0n) is 17.5. The van der Waals surface area contributed by atoms with Crippen molar-refractivity contribution in [3.05, 3.63) is 71.8 Å². The lowest BCUT2D eigenvalue weighted by atomic mass is 10.1. The molecule has 0 unspecified atom stereocenters. The Labute approximate surface area is 182 Å². The molecule has 2 aromatic carbocycles. The van der Waals surface area contributed by atoms with Crippen LogP contribution in [0.2, 0.25) is 0 Å². The number of benzene rings is 2. The van der Waals surface area contributed by atoms with Crippen LogP contribution in [0.1, 0.15) is 36.8 Å². The van der Waals surface area contributed by atoms with Crippen LogP contribution in [-0.2, 0) is 32.0 Å². The number of rotatable bonds is 12. The number of aliphatic carboxylic acids is 1. The molecule has 0 fully saturated rings. The summed E-state index contributed by atoms with van der Waals surface area (Å²) in [6.07, 6.45) is 1.08. The molecule has 0 bridgehead atoms. The molecule has 164 valence electrons. The van der Waals surface area contributed by atoms with E-state index < -0.39 is 5.97 Å². The molecule has 0 spiro atoms. The minimum absolute atomic E-state index is 0.00394. The smallest absolute Gasteiger partial charge is 0.303 e. The van der Waals surface area contributed by atoms with E-state index in [1.54, 1.807) is 0 Å². The largest absolute Gasteiger partial charge is 0.481 e. The van der Waals surface area contributed by atoms with E-state index in [0.29, 0.717) is 12.8 Å². The zero-order valence-corrected chi connectivity index (χ0v) is 17.5. The summed E-state index contributed by atoms with van der Waals surface area (Å²) in [5, 5.41) is 11.3. The molecule has 0 saturated heterocycles. The zero-order chi connectivity index (χ0) is 22.5. The van der Waals surface area contributed by atoms with Crippen molar-refractivity contribution < 1.29 is 24.3 Å². The third kappa shape index (κ3) is 9.25. The lowest BCUT2D eigenvalue weighted by Gasteiger charge is -2.21. The topological polar surface area (TPSA) is 104 Å². The number of carboxylic acids is 1. The second-order valence-corrected chi connectivity index (χ2v) is 7.21. The van der Waals surface area contributed by atoms with Crippen LogP contribution < -0.4 is 5.32 Å². The molecule has 0 saturated carbocycles. The summed E-state index contributed by atoms with van der Waals surface area (Å²) >= 11 is 0. The minimum Gasteiger partial charge on any atom is -0.481 e. The SMILES string of the molecule is O=C(O)CCCNC(=O)CCCN(C(=O)Cc1ccccc1)C(=O)Cc1ccccc1. The summed E-state index contributed by atoms with van der Waals surface area (Å²) in [6, 6.07) is 18.4. The van der Waals surface area contributed by atoms with Gasteiger partial charge in [-0.1, -0.05) is 60.7 Å². The summed E-state index contributed by atoms with van der Waals surface area (Å²) in [6.45, 7) is 0.439. The van der Waals surface area contributed by atoms with Crippen LogP contribution in [0.15, 0.2) is 60.7 Å². The molecule has 0 radical (unpaired) electrons. The van der Waals surface area contributed by atoms with Gasteiger partial charge in [-0.2, -0.15) is 0 Å².